The van der Waals surface area contributed by atoms with Crippen molar-refractivity contribution >= 4 is 11.6 Å². The zero-order valence-electron chi connectivity index (χ0n) is 11.8. The molecule has 0 bridgehead atoms. The van der Waals surface area contributed by atoms with Gasteiger partial charge in [0.15, 0.2) is 0 Å². The Balaban J connectivity index is 2.17. The third-order valence-electron chi connectivity index (χ3n) is 3.95. The lowest BCUT2D eigenvalue weighted by Gasteiger charge is -2.34. The highest BCUT2D eigenvalue weighted by molar-refractivity contribution is 6.00. The molecule has 0 saturated heterocycles. The predicted octanol–water partition coefficient (Wildman–Crippen LogP) is 2.73. The molecule has 0 radical (unpaired) electrons. The maximum Gasteiger partial charge on any atom is 0.253 e. The number of anilines is 1. The molecule has 0 heterocycles. The van der Waals surface area contributed by atoms with Gasteiger partial charge in [-0.05, 0) is 38.8 Å². The summed E-state index contributed by atoms with van der Waals surface area (Å²) in [5, 5.41) is 3.18. The second-order valence-corrected chi connectivity index (χ2v) is 5.77. The maximum absolute atomic E-state index is 12.4. The van der Waals surface area contributed by atoms with Gasteiger partial charge in [0, 0.05) is 5.54 Å². The Labute approximate surface area is 114 Å². The van der Waals surface area contributed by atoms with Gasteiger partial charge in [-0.25, -0.2) is 0 Å². The van der Waals surface area contributed by atoms with Gasteiger partial charge in [0.05, 0.1) is 11.3 Å². The molecule has 1 saturated carbocycles. The quantitative estimate of drug-likeness (QED) is 0.579. The summed E-state index contributed by atoms with van der Waals surface area (Å²) < 4.78 is 0. The van der Waals surface area contributed by atoms with Crippen molar-refractivity contribution in [2.24, 2.45) is 5.84 Å². The highest BCUT2D eigenvalue weighted by Gasteiger charge is 2.29. The molecule has 0 atom stereocenters. The number of rotatable bonds is 3. The van der Waals surface area contributed by atoms with Crippen molar-refractivity contribution in [3.63, 3.8) is 0 Å². The Kier molecular flexibility index (Phi) is 4.10. The maximum atomic E-state index is 12.4. The van der Waals surface area contributed by atoms with Crippen LogP contribution in [0.3, 0.4) is 0 Å². The number of hydrogen-bond acceptors (Lipinski definition) is 3. The van der Waals surface area contributed by atoms with Crippen molar-refractivity contribution in [1.82, 2.24) is 5.32 Å². The lowest BCUT2D eigenvalue weighted by atomic mass is 9.83. The average molecular weight is 261 g/mol. The van der Waals surface area contributed by atoms with Gasteiger partial charge in [-0.2, -0.15) is 0 Å². The molecule has 1 aliphatic rings. The van der Waals surface area contributed by atoms with Crippen molar-refractivity contribution in [1.29, 1.82) is 0 Å². The minimum absolute atomic E-state index is 0.0407. The normalized spacial score (nSPS) is 17.8. The predicted molar refractivity (Wildman–Crippen MR) is 77.9 cm³/mol. The van der Waals surface area contributed by atoms with Gasteiger partial charge in [-0.3, -0.25) is 10.6 Å². The zero-order valence-corrected chi connectivity index (χ0v) is 11.8. The number of carbonyl (C=O) groups excluding carboxylic acids is 1. The van der Waals surface area contributed by atoms with Gasteiger partial charge in [-0.15, -0.1) is 0 Å². The van der Waals surface area contributed by atoms with Crippen LogP contribution in [0, 0.1) is 6.92 Å². The minimum Gasteiger partial charge on any atom is -0.347 e. The van der Waals surface area contributed by atoms with Gasteiger partial charge < -0.3 is 10.7 Å². The molecule has 0 spiro atoms. The summed E-state index contributed by atoms with van der Waals surface area (Å²) in [6.45, 7) is 4.11. The molecule has 1 aromatic carbocycles. The smallest absolute Gasteiger partial charge is 0.253 e. The van der Waals surface area contributed by atoms with Crippen molar-refractivity contribution < 1.29 is 4.79 Å². The third kappa shape index (κ3) is 3.26. The second kappa shape index (κ2) is 5.61. The fraction of sp³-hybridized carbons (Fsp3) is 0.533. The van der Waals surface area contributed by atoms with Gasteiger partial charge >= 0.3 is 0 Å². The number of carbonyl (C=O) groups is 1. The van der Waals surface area contributed by atoms with Crippen LogP contribution in [0.1, 0.15) is 54.9 Å². The Morgan fingerprint density at radius 3 is 2.58 bits per heavy atom. The number of benzene rings is 1. The highest BCUT2D eigenvalue weighted by Crippen LogP contribution is 2.28. The standard InChI is InChI=1S/C15H23N3O/c1-11-6-7-13(18-16)12(10-11)14(19)17-15(2)8-4-3-5-9-15/h6-7,10,18H,3-5,8-9,16H2,1-2H3,(H,17,19). The molecule has 0 unspecified atom stereocenters. The summed E-state index contributed by atoms with van der Waals surface area (Å²) in [6.07, 6.45) is 5.75. The van der Waals surface area contributed by atoms with Crippen LogP contribution in [0.25, 0.3) is 0 Å². The molecule has 1 amide bonds. The van der Waals surface area contributed by atoms with E-state index < -0.39 is 0 Å². The van der Waals surface area contributed by atoms with Crippen LogP contribution in [-0.4, -0.2) is 11.4 Å². The van der Waals surface area contributed by atoms with E-state index in [0.29, 0.717) is 11.3 Å². The van der Waals surface area contributed by atoms with Crippen LogP contribution in [0.5, 0.6) is 0 Å². The fourth-order valence-corrected chi connectivity index (χ4v) is 2.77. The van der Waals surface area contributed by atoms with Crippen molar-refractivity contribution in [2.45, 2.75) is 51.5 Å². The van der Waals surface area contributed by atoms with E-state index in [1.54, 1.807) is 0 Å². The van der Waals surface area contributed by atoms with E-state index >= 15 is 0 Å². The molecule has 1 aromatic rings. The summed E-state index contributed by atoms with van der Waals surface area (Å²) in [6, 6.07) is 5.65. The molecule has 4 N–H and O–H groups in total. The molecule has 0 aliphatic heterocycles. The second-order valence-electron chi connectivity index (χ2n) is 5.77. The van der Waals surface area contributed by atoms with E-state index in [9.17, 15) is 4.79 Å². The zero-order chi connectivity index (χ0) is 13.9. The first-order valence-corrected chi connectivity index (χ1v) is 6.94. The molecular formula is C15H23N3O. The molecule has 4 nitrogen and oxygen atoms in total. The van der Waals surface area contributed by atoms with Gasteiger partial charge in [-0.1, -0.05) is 30.9 Å². The number of aryl methyl sites for hydroxylation is 1. The summed E-state index contributed by atoms with van der Waals surface area (Å²) in [4.78, 5) is 12.4. The average Bonchev–Trinajstić information content (AvgIpc) is 2.39. The number of hydrazine groups is 1. The monoisotopic (exact) mass is 261 g/mol. The van der Waals surface area contributed by atoms with E-state index in [0.717, 1.165) is 18.4 Å². The molecule has 0 aromatic heterocycles. The summed E-state index contributed by atoms with van der Waals surface area (Å²) in [7, 11) is 0. The number of amides is 1. The van der Waals surface area contributed by atoms with Crippen molar-refractivity contribution in [3.8, 4) is 0 Å². The van der Waals surface area contributed by atoms with E-state index in [-0.39, 0.29) is 11.4 Å². The van der Waals surface area contributed by atoms with Crippen LogP contribution in [0.15, 0.2) is 18.2 Å². The van der Waals surface area contributed by atoms with Crippen molar-refractivity contribution in [3.05, 3.63) is 29.3 Å². The van der Waals surface area contributed by atoms with E-state index in [2.05, 4.69) is 17.7 Å². The third-order valence-corrected chi connectivity index (χ3v) is 3.95. The fourth-order valence-electron chi connectivity index (χ4n) is 2.77. The molecule has 4 heteroatoms. The van der Waals surface area contributed by atoms with E-state index in [1.165, 1.54) is 19.3 Å². The Morgan fingerprint density at radius 2 is 1.95 bits per heavy atom. The Morgan fingerprint density at radius 1 is 1.26 bits per heavy atom. The van der Waals surface area contributed by atoms with Gasteiger partial charge in [0.2, 0.25) is 0 Å². The van der Waals surface area contributed by atoms with Crippen LogP contribution >= 0.6 is 0 Å². The molecular weight excluding hydrogens is 238 g/mol. The molecule has 1 fully saturated rings. The topological polar surface area (TPSA) is 67.1 Å². The van der Waals surface area contributed by atoms with Crippen LogP contribution in [0.4, 0.5) is 5.69 Å². The lowest BCUT2D eigenvalue weighted by molar-refractivity contribution is 0.0883. The molecule has 104 valence electrons. The van der Waals surface area contributed by atoms with Gasteiger partial charge in [0.25, 0.3) is 5.91 Å². The summed E-state index contributed by atoms with van der Waals surface area (Å²) in [5.41, 5.74) is 4.86. The first-order chi connectivity index (χ1) is 9.04. The van der Waals surface area contributed by atoms with E-state index in [1.807, 2.05) is 25.1 Å². The first-order valence-electron chi connectivity index (χ1n) is 6.94. The summed E-state index contributed by atoms with van der Waals surface area (Å²) >= 11 is 0. The first kappa shape index (κ1) is 13.9. The Bertz CT molecular complexity index is 464. The van der Waals surface area contributed by atoms with Gasteiger partial charge in [0.1, 0.15) is 0 Å². The molecule has 2 rings (SSSR count). The number of nitrogens with two attached hydrogens (primary N) is 1. The molecule has 19 heavy (non-hydrogen) atoms. The van der Waals surface area contributed by atoms with E-state index in [4.69, 9.17) is 5.84 Å². The SMILES string of the molecule is Cc1ccc(NN)c(C(=O)NC2(C)CCCCC2)c1. The lowest BCUT2D eigenvalue weighted by Crippen LogP contribution is -2.47. The number of nitrogen functional groups attached to an aromatic ring is 1. The van der Waals surface area contributed by atoms with Crippen molar-refractivity contribution in [2.75, 3.05) is 5.43 Å². The number of hydrogen-bond donors (Lipinski definition) is 3. The largest absolute Gasteiger partial charge is 0.347 e. The summed E-state index contributed by atoms with van der Waals surface area (Å²) in [5.74, 6) is 5.43. The highest BCUT2D eigenvalue weighted by atomic mass is 16.1. The van der Waals surface area contributed by atoms with Crippen LogP contribution in [-0.2, 0) is 0 Å². The van der Waals surface area contributed by atoms with Crippen LogP contribution in [0.2, 0.25) is 0 Å². The minimum atomic E-state index is -0.0784. The Hall–Kier alpha value is -1.55. The number of nitrogens with one attached hydrogen (secondary N) is 2. The van der Waals surface area contributed by atoms with Crippen LogP contribution < -0.4 is 16.6 Å². The molecule has 1 aliphatic carbocycles.